The first-order valence-electron chi connectivity index (χ1n) is 8.23. The maximum absolute atomic E-state index is 12.8. The van der Waals surface area contributed by atoms with Crippen molar-refractivity contribution in [2.24, 2.45) is 0 Å². The van der Waals surface area contributed by atoms with E-state index in [-0.39, 0.29) is 11.9 Å². The van der Waals surface area contributed by atoms with Crippen molar-refractivity contribution >= 4 is 11.6 Å². The topological polar surface area (TPSA) is 23.6 Å². The third-order valence-electron chi connectivity index (χ3n) is 4.73. The van der Waals surface area contributed by atoms with Crippen LogP contribution in [0.15, 0.2) is 48.5 Å². The minimum atomic E-state index is -0.0936. The highest BCUT2D eigenvalue weighted by Gasteiger charge is 2.32. The van der Waals surface area contributed by atoms with Gasteiger partial charge in [0.25, 0.3) is 0 Å². The van der Waals surface area contributed by atoms with Crippen molar-refractivity contribution in [3.63, 3.8) is 0 Å². The van der Waals surface area contributed by atoms with Crippen LogP contribution in [0.4, 0.5) is 5.69 Å². The van der Waals surface area contributed by atoms with Gasteiger partial charge in [-0.25, -0.2) is 0 Å². The van der Waals surface area contributed by atoms with E-state index in [9.17, 15) is 4.79 Å². The third kappa shape index (κ3) is 3.30. The van der Waals surface area contributed by atoms with E-state index in [0.29, 0.717) is 0 Å². The first-order valence-corrected chi connectivity index (χ1v) is 8.23. The molecule has 2 aromatic rings. The number of rotatable bonds is 3. The molecule has 1 aliphatic rings. The molecule has 2 aromatic carbocycles. The molecule has 0 saturated carbocycles. The third-order valence-corrected chi connectivity index (χ3v) is 4.73. The largest absolute Gasteiger partial charge is 0.310 e. The molecule has 1 fully saturated rings. The van der Waals surface area contributed by atoms with E-state index in [2.05, 4.69) is 55.1 Å². The Morgan fingerprint density at radius 3 is 2.57 bits per heavy atom. The summed E-state index contributed by atoms with van der Waals surface area (Å²) in [4.78, 5) is 17.0. The van der Waals surface area contributed by atoms with E-state index in [1.807, 2.05) is 24.0 Å². The molecule has 0 N–H and O–H groups in total. The average molecular weight is 308 g/mol. The van der Waals surface area contributed by atoms with Crippen LogP contribution in [0.1, 0.15) is 23.6 Å². The quantitative estimate of drug-likeness (QED) is 0.866. The Kier molecular flexibility index (Phi) is 4.49. The van der Waals surface area contributed by atoms with Gasteiger partial charge < -0.3 is 4.90 Å². The predicted octanol–water partition coefficient (Wildman–Crippen LogP) is 3.54. The van der Waals surface area contributed by atoms with Gasteiger partial charge in [-0.15, -0.1) is 0 Å². The Morgan fingerprint density at radius 2 is 1.83 bits per heavy atom. The van der Waals surface area contributed by atoms with Crippen molar-refractivity contribution in [3.05, 3.63) is 65.2 Å². The Morgan fingerprint density at radius 1 is 1.04 bits per heavy atom. The molecular formula is C20H24N2O. The second-order valence-corrected chi connectivity index (χ2v) is 6.40. The Labute approximate surface area is 138 Å². The van der Waals surface area contributed by atoms with Crippen molar-refractivity contribution in [2.75, 3.05) is 18.0 Å². The number of carbonyl (C=O) groups is 1. The molecule has 1 atom stereocenters. The molecule has 0 radical (unpaired) electrons. The summed E-state index contributed by atoms with van der Waals surface area (Å²) in [5, 5.41) is 0. The lowest BCUT2D eigenvalue weighted by Crippen LogP contribution is -2.55. The molecule has 0 bridgehead atoms. The second-order valence-electron chi connectivity index (χ2n) is 6.40. The molecule has 1 heterocycles. The van der Waals surface area contributed by atoms with Crippen LogP contribution in [0.25, 0.3) is 0 Å². The first-order chi connectivity index (χ1) is 11.1. The van der Waals surface area contributed by atoms with Crippen LogP contribution in [0, 0.1) is 13.8 Å². The number of carbonyl (C=O) groups excluding carboxylic acids is 1. The molecule has 0 aliphatic carbocycles. The monoisotopic (exact) mass is 308 g/mol. The van der Waals surface area contributed by atoms with Crippen LogP contribution in [0.3, 0.4) is 0 Å². The summed E-state index contributed by atoms with van der Waals surface area (Å²) in [6, 6.07) is 16.5. The molecule has 120 valence electrons. The fourth-order valence-electron chi connectivity index (χ4n) is 3.19. The Balaban J connectivity index is 1.75. The first kappa shape index (κ1) is 15.8. The maximum atomic E-state index is 12.8. The van der Waals surface area contributed by atoms with E-state index in [4.69, 9.17) is 0 Å². The number of hydrogen-bond donors (Lipinski definition) is 0. The summed E-state index contributed by atoms with van der Waals surface area (Å²) in [5.74, 6) is 0.190. The van der Waals surface area contributed by atoms with Crippen molar-refractivity contribution in [1.82, 2.24) is 4.90 Å². The number of piperazine rings is 1. The molecule has 3 rings (SSSR count). The molecule has 23 heavy (non-hydrogen) atoms. The fraction of sp³-hybridized carbons (Fsp3) is 0.350. The van der Waals surface area contributed by atoms with E-state index >= 15 is 0 Å². The van der Waals surface area contributed by atoms with Gasteiger partial charge in [0.05, 0.1) is 6.04 Å². The van der Waals surface area contributed by atoms with Gasteiger partial charge >= 0.3 is 0 Å². The van der Waals surface area contributed by atoms with Crippen LogP contribution in [0.5, 0.6) is 0 Å². The molecule has 0 spiro atoms. The van der Waals surface area contributed by atoms with Crippen LogP contribution >= 0.6 is 0 Å². The smallest absolute Gasteiger partial charge is 0.244 e. The molecular weight excluding hydrogens is 284 g/mol. The van der Waals surface area contributed by atoms with Crippen LogP contribution in [0.2, 0.25) is 0 Å². The zero-order chi connectivity index (χ0) is 16.4. The molecule has 3 heteroatoms. The number of hydrogen-bond acceptors (Lipinski definition) is 2. The average Bonchev–Trinajstić information content (AvgIpc) is 2.54. The van der Waals surface area contributed by atoms with E-state index < -0.39 is 0 Å². The Hall–Kier alpha value is -2.13. The van der Waals surface area contributed by atoms with Gasteiger partial charge in [0, 0.05) is 25.3 Å². The lowest BCUT2D eigenvalue weighted by molar-refractivity contribution is -0.125. The highest BCUT2D eigenvalue weighted by atomic mass is 16.2. The molecule has 0 aromatic heterocycles. The zero-order valence-electron chi connectivity index (χ0n) is 14.1. The van der Waals surface area contributed by atoms with Crippen LogP contribution in [-0.4, -0.2) is 29.9 Å². The number of anilines is 1. The molecule has 3 nitrogen and oxygen atoms in total. The van der Waals surface area contributed by atoms with Crippen LogP contribution in [-0.2, 0) is 11.3 Å². The van der Waals surface area contributed by atoms with Gasteiger partial charge in [-0.1, -0.05) is 36.4 Å². The number of benzene rings is 2. The maximum Gasteiger partial charge on any atom is 0.244 e. The summed E-state index contributed by atoms with van der Waals surface area (Å²) >= 11 is 0. The Bertz CT molecular complexity index is 710. The highest BCUT2D eigenvalue weighted by Crippen LogP contribution is 2.23. The minimum absolute atomic E-state index is 0.0936. The van der Waals surface area contributed by atoms with Gasteiger partial charge in [0.1, 0.15) is 0 Å². The summed E-state index contributed by atoms with van der Waals surface area (Å²) in [6.07, 6.45) is 0. The molecule has 1 saturated heterocycles. The van der Waals surface area contributed by atoms with Gasteiger partial charge in [-0.3, -0.25) is 9.69 Å². The van der Waals surface area contributed by atoms with Crippen molar-refractivity contribution in [3.8, 4) is 0 Å². The summed E-state index contributed by atoms with van der Waals surface area (Å²) < 4.78 is 0. The summed E-state index contributed by atoms with van der Waals surface area (Å²) in [6.45, 7) is 8.69. The van der Waals surface area contributed by atoms with Crippen molar-refractivity contribution in [2.45, 2.75) is 33.4 Å². The fourth-order valence-corrected chi connectivity index (χ4v) is 3.19. The van der Waals surface area contributed by atoms with Gasteiger partial charge in [-0.05, 0) is 49.6 Å². The van der Waals surface area contributed by atoms with Crippen LogP contribution < -0.4 is 4.90 Å². The van der Waals surface area contributed by atoms with E-state index in [1.165, 1.54) is 16.7 Å². The van der Waals surface area contributed by atoms with Crippen molar-refractivity contribution < 1.29 is 4.79 Å². The van der Waals surface area contributed by atoms with Gasteiger partial charge in [0.2, 0.25) is 5.91 Å². The molecule has 0 unspecified atom stereocenters. The zero-order valence-corrected chi connectivity index (χ0v) is 14.1. The molecule has 1 amide bonds. The predicted molar refractivity (Wildman–Crippen MR) is 94.6 cm³/mol. The van der Waals surface area contributed by atoms with Crippen molar-refractivity contribution in [1.29, 1.82) is 0 Å². The second kappa shape index (κ2) is 6.55. The summed E-state index contributed by atoms with van der Waals surface area (Å²) in [7, 11) is 0. The molecule has 1 aliphatic heterocycles. The number of amides is 1. The van der Waals surface area contributed by atoms with Gasteiger partial charge in [-0.2, -0.15) is 0 Å². The number of nitrogens with zero attached hydrogens (tertiary/aromatic N) is 2. The lowest BCUT2D eigenvalue weighted by Gasteiger charge is -2.39. The normalized spacial score (nSPS) is 19.2. The summed E-state index contributed by atoms with van der Waals surface area (Å²) in [5.41, 5.74) is 4.78. The highest BCUT2D eigenvalue weighted by molar-refractivity contribution is 5.97. The SMILES string of the molecule is Cc1cccc(N2CCN(Cc3ccccc3C)[C@@H](C)C2=O)c1. The number of aryl methyl sites for hydroxylation is 2. The van der Waals surface area contributed by atoms with Gasteiger partial charge in [0.15, 0.2) is 0 Å². The lowest BCUT2D eigenvalue weighted by atomic mass is 10.1. The van der Waals surface area contributed by atoms with E-state index in [0.717, 1.165) is 25.3 Å². The standard InChI is InChI=1S/C20H24N2O/c1-15-7-6-10-19(13-15)22-12-11-21(17(3)20(22)23)14-18-9-5-4-8-16(18)2/h4-10,13,17H,11-12,14H2,1-3H3/t17-/m0/s1. The minimum Gasteiger partial charge on any atom is -0.310 e. The van der Waals surface area contributed by atoms with E-state index in [1.54, 1.807) is 0 Å².